The molecule has 2 aliphatic rings. The zero-order valence-electron chi connectivity index (χ0n) is 10.9. The van der Waals surface area contributed by atoms with E-state index < -0.39 is 19.7 Å². The Balaban J connectivity index is 1.97. The Hall–Kier alpha value is -0.630. The lowest BCUT2D eigenvalue weighted by Gasteiger charge is -2.29. The summed E-state index contributed by atoms with van der Waals surface area (Å²) < 4.78 is 45.5. The van der Waals surface area contributed by atoms with Crippen LogP contribution in [0.25, 0.3) is 0 Å². The van der Waals surface area contributed by atoms with Crippen LogP contribution in [0.5, 0.6) is 0 Å². The van der Waals surface area contributed by atoms with E-state index in [1.807, 2.05) is 0 Å². The number of nitrogens with zero attached hydrogens (tertiary/aromatic N) is 1. The fraction of sp³-hybridized carbons (Fsp3) is 0.909. The molecule has 0 N–H and O–H groups in total. The number of sulfone groups is 2. The van der Waals surface area contributed by atoms with Crippen LogP contribution in [-0.4, -0.2) is 63.7 Å². The van der Waals surface area contributed by atoms with Crippen LogP contribution < -0.4 is 0 Å². The fourth-order valence-corrected chi connectivity index (χ4v) is 5.95. The van der Waals surface area contributed by atoms with Crippen LogP contribution in [-0.2, 0) is 24.5 Å². The monoisotopic (exact) mass is 309 g/mol. The topological polar surface area (TPSA) is 88.6 Å². The van der Waals surface area contributed by atoms with Crippen molar-refractivity contribution in [2.24, 2.45) is 5.92 Å². The van der Waals surface area contributed by atoms with Gasteiger partial charge in [0.05, 0.1) is 23.0 Å². The minimum absolute atomic E-state index is 0.0280. The smallest absolute Gasteiger partial charge is 0.225 e. The molecule has 0 spiro atoms. The predicted octanol–water partition coefficient (Wildman–Crippen LogP) is -0.543. The number of carbonyl (C=O) groups excluding carboxylic acids is 1. The molecule has 1 atom stereocenters. The first-order valence-corrected chi connectivity index (χ1v) is 10.0. The first kappa shape index (κ1) is 14.8. The van der Waals surface area contributed by atoms with Gasteiger partial charge in [-0.3, -0.25) is 4.79 Å². The minimum atomic E-state index is -3.01. The van der Waals surface area contributed by atoms with E-state index >= 15 is 0 Å². The van der Waals surface area contributed by atoms with E-state index in [4.69, 9.17) is 0 Å². The Morgan fingerprint density at radius 2 is 1.47 bits per heavy atom. The Labute approximate surface area is 114 Å². The second kappa shape index (κ2) is 5.05. The van der Waals surface area contributed by atoms with Crippen molar-refractivity contribution in [3.63, 3.8) is 0 Å². The molecule has 2 aliphatic heterocycles. The lowest BCUT2D eigenvalue weighted by atomic mass is 10.0. The highest BCUT2D eigenvalue weighted by molar-refractivity contribution is 7.91. The maximum absolute atomic E-state index is 12.2. The maximum Gasteiger partial charge on any atom is 0.225 e. The Morgan fingerprint density at radius 3 is 1.95 bits per heavy atom. The van der Waals surface area contributed by atoms with Gasteiger partial charge in [0.15, 0.2) is 9.84 Å². The third kappa shape index (κ3) is 3.47. The summed E-state index contributed by atoms with van der Waals surface area (Å²) in [5.74, 6) is -0.122. The van der Waals surface area contributed by atoms with Crippen molar-refractivity contribution in [2.45, 2.75) is 25.3 Å². The van der Waals surface area contributed by atoms with Gasteiger partial charge in [-0.05, 0) is 19.3 Å². The van der Waals surface area contributed by atoms with Crippen molar-refractivity contribution >= 4 is 25.6 Å². The van der Waals surface area contributed by atoms with E-state index in [-0.39, 0.29) is 40.9 Å². The predicted molar refractivity (Wildman–Crippen MR) is 71.2 cm³/mol. The normalized spacial score (nSPS) is 30.1. The van der Waals surface area contributed by atoms with Crippen molar-refractivity contribution in [1.82, 2.24) is 4.90 Å². The zero-order valence-corrected chi connectivity index (χ0v) is 12.5. The largest absolute Gasteiger partial charge is 0.341 e. The number of carbonyl (C=O) groups is 1. The molecule has 110 valence electrons. The van der Waals surface area contributed by atoms with Gasteiger partial charge in [0.2, 0.25) is 5.91 Å². The molecule has 19 heavy (non-hydrogen) atoms. The van der Waals surface area contributed by atoms with E-state index in [9.17, 15) is 21.6 Å². The molecular formula is C11H19NO5S2. The number of rotatable bonds is 2. The summed E-state index contributed by atoms with van der Waals surface area (Å²) in [6.45, 7) is 0. The molecule has 2 heterocycles. The summed E-state index contributed by atoms with van der Waals surface area (Å²) in [5, 5.41) is 0. The van der Waals surface area contributed by atoms with Crippen LogP contribution in [0, 0.1) is 5.92 Å². The van der Waals surface area contributed by atoms with Gasteiger partial charge in [-0.25, -0.2) is 16.8 Å². The third-order valence-electron chi connectivity index (χ3n) is 4.01. The van der Waals surface area contributed by atoms with E-state index in [0.717, 1.165) is 0 Å². The average molecular weight is 309 g/mol. The second-order valence-electron chi connectivity index (χ2n) is 5.43. The first-order valence-electron chi connectivity index (χ1n) is 6.38. The van der Waals surface area contributed by atoms with Crippen molar-refractivity contribution in [2.75, 3.05) is 30.1 Å². The van der Waals surface area contributed by atoms with Crippen molar-refractivity contribution in [3.8, 4) is 0 Å². The first-order chi connectivity index (χ1) is 8.70. The fourth-order valence-electron chi connectivity index (χ4n) is 2.69. The van der Waals surface area contributed by atoms with Crippen LogP contribution in [0.3, 0.4) is 0 Å². The molecule has 0 bridgehead atoms. The molecule has 2 fully saturated rings. The average Bonchev–Trinajstić information content (AvgIpc) is 2.68. The van der Waals surface area contributed by atoms with Crippen molar-refractivity contribution in [1.29, 1.82) is 0 Å². The molecule has 8 heteroatoms. The van der Waals surface area contributed by atoms with Crippen molar-refractivity contribution < 1.29 is 21.6 Å². The Kier molecular flexibility index (Phi) is 3.92. The third-order valence-corrected chi connectivity index (χ3v) is 7.47. The molecule has 2 rings (SSSR count). The minimum Gasteiger partial charge on any atom is -0.341 e. The van der Waals surface area contributed by atoms with Crippen LogP contribution in [0.1, 0.15) is 19.3 Å². The second-order valence-corrected chi connectivity index (χ2v) is 9.96. The van der Waals surface area contributed by atoms with Crippen LogP contribution in [0.2, 0.25) is 0 Å². The molecule has 2 saturated heterocycles. The summed E-state index contributed by atoms with van der Waals surface area (Å²) in [7, 11) is -4.37. The van der Waals surface area contributed by atoms with Gasteiger partial charge in [-0.15, -0.1) is 0 Å². The lowest BCUT2D eigenvalue weighted by molar-refractivity contribution is -0.136. The van der Waals surface area contributed by atoms with Crippen molar-refractivity contribution in [3.05, 3.63) is 0 Å². The van der Waals surface area contributed by atoms with Crippen LogP contribution in [0.15, 0.2) is 0 Å². The number of hydrogen-bond acceptors (Lipinski definition) is 5. The van der Waals surface area contributed by atoms with Gasteiger partial charge in [0.25, 0.3) is 0 Å². The molecule has 1 unspecified atom stereocenters. The SMILES string of the molecule is CN(C(=O)C1CCS(=O)(=O)CC1)C1CCS(=O)(=O)C1. The molecule has 0 aromatic carbocycles. The summed E-state index contributed by atoms with van der Waals surface area (Å²) in [6, 6.07) is -0.254. The van der Waals surface area contributed by atoms with E-state index in [0.29, 0.717) is 19.3 Å². The standard InChI is InChI=1S/C11H19NO5S2/c1-12(10-4-7-19(16,17)8-10)11(13)9-2-5-18(14,15)6-3-9/h9-10H,2-8H2,1H3. The van der Waals surface area contributed by atoms with Gasteiger partial charge in [-0.2, -0.15) is 0 Å². The molecule has 0 saturated carbocycles. The van der Waals surface area contributed by atoms with E-state index in [1.54, 1.807) is 7.05 Å². The summed E-state index contributed by atoms with van der Waals surface area (Å²) >= 11 is 0. The van der Waals surface area contributed by atoms with Gasteiger partial charge < -0.3 is 4.90 Å². The molecule has 1 amide bonds. The van der Waals surface area contributed by atoms with Gasteiger partial charge in [0.1, 0.15) is 9.84 Å². The number of amides is 1. The Morgan fingerprint density at radius 1 is 0.947 bits per heavy atom. The van der Waals surface area contributed by atoms with Crippen LogP contribution in [0.4, 0.5) is 0 Å². The highest BCUT2D eigenvalue weighted by Gasteiger charge is 2.36. The number of hydrogen-bond donors (Lipinski definition) is 0. The summed E-state index contributed by atoms with van der Waals surface area (Å²) in [5.41, 5.74) is 0. The lowest BCUT2D eigenvalue weighted by Crippen LogP contribution is -2.43. The summed E-state index contributed by atoms with van der Waals surface area (Å²) in [6.07, 6.45) is 1.19. The highest BCUT2D eigenvalue weighted by atomic mass is 32.2. The van der Waals surface area contributed by atoms with E-state index in [1.165, 1.54) is 4.90 Å². The quantitative estimate of drug-likeness (QED) is 0.683. The molecule has 6 nitrogen and oxygen atoms in total. The van der Waals surface area contributed by atoms with E-state index in [2.05, 4.69) is 0 Å². The Bertz CT molecular complexity index is 552. The molecule has 0 aliphatic carbocycles. The zero-order chi connectivity index (χ0) is 14.3. The summed E-state index contributed by atoms with van der Waals surface area (Å²) in [4.78, 5) is 13.8. The van der Waals surface area contributed by atoms with Gasteiger partial charge >= 0.3 is 0 Å². The molecule has 0 radical (unpaired) electrons. The van der Waals surface area contributed by atoms with Gasteiger partial charge in [-0.1, -0.05) is 0 Å². The molecule has 0 aromatic rings. The highest BCUT2D eigenvalue weighted by Crippen LogP contribution is 2.24. The maximum atomic E-state index is 12.2. The molecule has 0 aromatic heterocycles. The van der Waals surface area contributed by atoms with Gasteiger partial charge in [0, 0.05) is 19.0 Å². The molecular weight excluding hydrogens is 290 g/mol. The van der Waals surface area contributed by atoms with Crippen LogP contribution >= 0.6 is 0 Å².